The molecular weight excluding hydrogens is 256 g/mol. The summed E-state index contributed by atoms with van der Waals surface area (Å²) in [6, 6.07) is 8.04. The van der Waals surface area contributed by atoms with Crippen molar-refractivity contribution in [3.8, 4) is 5.75 Å². The molecule has 0 unspecified atom stereocenters. The second-order valence-corrected chi connectivity index (χ2v) is 4.74. The van der Waals surface area contributed by atoms with E-state index in [1.807, 2.05) is 12.1 Å². The number of ether oxygens (including phenoxy) is 2. The number of benzene rings is 1. The average Bonchev–Trinajstić information content (AvgIpc) is 2.92. The molecule has 0 aliphatic carbocycles. The molecule has 0 bridgehead atoms. The van der Waals surface area contributed by atoms with Gasteiger partial charge in [-0.3, -0.25) is 4.90 Å². The van der Waals surface area contributed by atoms with Crippen LogP contribution in [0.1, 0.15) is 16.8 Å². The van der Waals surface area contributed by atoms with E-state index < -0.39 is 0 Å². The minimum absolute atomic E-state index is 0.546. The Morgan fingerprint density at radius 2 is 2.05 bits per heavy atom. The van der Waals surface area contributed by atoms with Crippen molar-refractivity contribution in [1.29, 1.82) is 0 Å². The van der Waals surface area contributed by atoms with Crippen LogP contribution in [0.25, 0.3) is 0 Å². The van der Waals surface area contributed by atoms with Crippen molar-refractivity contribution in [3.63, 3.8) is 0 Å². The first-order valence-electron chi connectivity index (χ1n) is 6.45. The molecule has 0 atom stereocenters. The third-order valence-electron chi connectivity index (χ3n) is 3.02. The standard InChI is InChI=1S/C15H20N2O3/c1-17(10-14-6-7-20-16-14)9-12-4-5-15(19-3)13(8-12)11-18-2/h4-8H,9-11H2,1-3H3. The van der Waals surface area contributed by atoms with Crippen molar-refractivity contribution in [2.24, 2.45) is 0 Å². The Labute approximate surface area is 119 Å². The van der Waals surface area contributed by atoms with Crippen LogP contribution in [-0.2, 0) is 24.4 Å². The zero-order valence-electron chi connectivity index (χ0n) is 12.1. The molecule has 2 rings (SSSR count). The fourth-order valence-corrected chi connectivity index (χ4v) is 2.16. The lowest BCUT2D eigenvalue weighted by Gasteiger charge is -2.16. The Kier molecular flexibility index (Phi) is 5.15. The normalized spacial score (nSPS) is 11.0. The van der Waals surface area contributed by atoms with Crippen LogP contribution in [0, 0.1) is 0 Å². The summed E-state index contributed by atoms with van der Waals surface area (Å²) in [7, 11) is 5.41. The van der Waals surface area contributed by atoms with Gasteiger partial charge in [0.05, 0.1) is 19.4 Å². The third-order valence-corrected chi connectivity index (χ3v) is 3.02. The SMILES string of the molecule is COCc1cc(CN(C)Cc2ccon2)ccc1OC. The van der Waals surface area contributed by atoms with Crippen molar-refractivity contribution in [1.82, 2.24) is 10.1 Å². The Morgan fingerprint density at radius 3 is 2.70 bits per heavy atom. The van der Waals surface area contributed by atoms with Crippen LogP contribution < -0.4 is 4.74 Å². The van der Waals surface area contributed by atoms with Gasteiger partial charge < -0.3 is 14.0 Å². The van der Waals surface area contributed by atoms with Crippen LogP contribution in [0.4, 0.5) is 0 Å². The van der Waals surface area contributed by atoms with Gasteiger partial charge in [0, 0.05) is 31.8 Å². The first kappa shape index (κ1) is 14.6. The second-order valence-electron chi connectivity index (χ2n) is 4.74. The van der Waals surface area contributed by atoms with Gasteiger partial charge in [0.25, 0.3) is 0 Å². The predicted molar refractivity (Wildman–Crippen MR) is 75.4 cm³/mol. The molecule has 5 heteroatoms. The van der Waals surface area contributed by atoms with Crippen LogP contribution in [-0.4, -0.2) is 31.3 Å². The topological polar surface area (TPSA) is 47.7 Å². The minimum atomic E-state index is 0.546. The molecule has 0 amide bonds. The molecule has 20 heavy (non-hydrogen) atoms. The first-order chi connectivity index (χ1) is 9.72. The van der Waals surface area contributed by atoms with Gasteiger partial charge in [-0.2, -0.15) is 0 Å². The summed E-state index contributed by atoms with van der Waals surface area (Å²) < 4.78 is 15.4. The van der Waals surface area contributed by atoms with E-state index in [0.29, 0.717) is 6.61 Å². The van der Waals surface area contributed by atoms with Crippen molar-refractivity contribution in [3.05, 3.63) is 47.3 Å². The van der Waals surface area contributed by atoms with Crippen LogP contribution in [0.2, 0.25) is 0 Å². The number of hydrogen-bond donors (Lipinski definition) is 0. The maximum absolute atomic E-state index is 5.33. The zero-order valence-corrected chi connectivity index (χ0v) is 12.1. The molecule has 0 saturated heterocycles. The molecule has 0 spiro atoms. The van der Waals surface area contributed by atoms with Crippen molar-refractivity contribution in [2.45, 2.75) is 19.7 Å². The molecule has 1 heterocycles. The van der Waals surface area contributed by atoms with Crippen molar-refractivity contribution in [2.75, 3.05) is 21.3 Å². The Hall–Kier alpha value is -1.85. The quantitative estimate of drug-likeness (QED) is 0.777. The summed E-state index contributed by atoms with van der Waals surface area (Å²) >= 11 is 0. The minimum Gasteiger partial charge on any atom is -0.496 e. The predicted octanol–water partition coefficient (Wildman–Crippen LogP) is 2.46. The number of methoxy groups -OCH3 is 2. The van der Waals surface area contributed by atoms with Crippen molar-refractivity contribution < 1.29 is 14.0 Å². The highest BCUT2D eigenvalue weighted by molar-refractivity contribution is 5.36. The van der Waals surface area contributed by atoms with Crippen molar-refractivity contribution >= 4 is 0 Å². The Balaban J connectivity index is 2.03. The van der Waals surface area contributed by atoms with Gasteiger partial charge in [0.2, 0.25) is 0 Å². The first-order valence-corrected chi connectivity index (χ1v) is 6.45. The Morgan fingerprint density at radius 1 is 1.20 bits per heavy atom. The Bertz CT molecular complexity index is 526. The average molecular weight is 276 g/mol. The molecule has 1 aromatic heterocycles. The monoisotopic (exact) mass is 276 g/mol. The van der Waals surface area contributed by atoms with Crippen LogP contribution >= 0.6 is 0 Å². The highest BCUT2D eigenvalue weighted by Crippen LogP contribution is 2.21. The third kappa shape index (κ3) is 3.82. The van der Waals surface area contributed by atoms with E-state index >= 15 is 0 Å². The summed E-state index contributed by atoms with van der Waals surface area (Å²) in [6.07, 6.45) is 1.59. The molecule has 0 fully saturated rings. The fourth-order valence-electron chi connectivity index (χ4n) is 2.16. The van der Waals surface area contributed by atoms with E-state index in [1.54, 1.807) is 20.5 Å². The highest BCUT2D eigenvalue weighted by atomic mass is 16.5. The van der Waals surface area contributed by atoms with Gasteiger partial charge in [-0.05, 0) is 24.7 Å². The van der Waals surface area contributed by atoms with E-state index in [2.05, 4.69) is 29.2 Å². The van der Waals surface area contributed by atoms with E-state index in [9.17, 15) is 0 Å². The molecule has 1 aromatic carbocycles. The fraction of sp³-hybridized carbons (Fsp3) is 0.400. The summed E-state index contributed by atoms with van der Waals surface area (Å²) in [6.45, 7) is 2.12. The summed E-state index contributed by atoms with van der Waals surface area (Å²) in [4.78, 5) is 2.18. The molecule has 0 N–H and O–H groups in total. The summed E-state index contributed by atoms with van der Waals surface area (Å²) in [5, 5.41) is 3.92. The lowest BCUT2D eigenvalue weighted by molar-refractivity contribution is 0.181. The molecule has 0 radical (unpaired) electrons. The number of aromatic nitrogens is 1. The largest absolute Gasteiger partial charge is 0.496 e. The number of nitrogens with zero attached hydrogens (tertiary/aromatic N) is 2. The lowest BCUT2D eigenvalue weighted by Crippen LogP contribution is -2.17. The van der Waals surface area contributed by atoms with E-state index in [4.69, 9.17) is 14.0 Å². The highest BCUT2D eigenvalue weighted by Gasteiger charge is 2.08. The molecule has 0 aliphatic rings. The molecule has 2 aromatic rings. The van der Waals surface area contributed by atoms with Crippen LogP contribution in [0.15, 0.2) is 35.1 Å². The van der Waals surface area contributed by atoms with Gasteiger partial charge in [0.15, 0.2) is 0 Å². The maximum atomic E-state index is 5.33. The molecule has 5 nitrogen and oxygen atoms in total. The zero-order chi connectivity index (χ0) is 14.4. The van der Waals surface area contributed by atoms with Gasteiger partial charge >= 0.3 is 0 Å². The smallest absolute Gasteiger partial charge is 0.124 e. The van der Waals surface area contributed by atoms with Gasteiger partial charge in [-0.15, -0.1) is 0 Å². The summed E-state index contributed by atoms with van der Waals surface area (Å²) in [5.41, 5.74) is 3.20. The molecule has 108 valence electrons. The van der Waals surface area contributed by atoms with Gasteiger partial charge in [-0.25, -0.2) is 0 Å². The van der Waals surface area contributed by atoms with E-state index in [1.165, 1.54) is 5.56 Å². The molecular formula is C15H20N2O3. The maximum Gasteiger partial charge on any atom is 0.124 e. The summed E-state index contributed by atoms with van der Waals surface area (Å²) in [5.74, 6) is 0.856. The lowest BCUT2D eigenvalue weighted by atomic mass is 10.1. The van der Waals surface area contributed by atoms with Gasteiger partial charge in [0.1, 0.15) is 12.0 Å². The van der Waals surface area contributed by atoms with Gasteiger partial charge in [-0.1, -0.05) is 11.2 Å². The van der Waals surface area contributed by atoms with Crippen LogP contribution in [0.3, 0.4) is 0 Å². The second kappa shape index (κ2) is 7.07. The van der Waals surface area contributed by atoms with Crippen LogP contribution in [0.5, 0.6) is 5.75 Å². The number of rotatable bonds is 7. The molecule has 0 aliphatic heterocycles. The van der Waals surface area contributed by atoms with E-state index in [-0.39, 0.29) is 0 Å². The van der Waals surface area contributed by atoms with E-state index in [0.717, 1.165) is 30.1 Å². The number of hydrogen-bond acceptors (Lipinski definition) is 5. The molecule has 0 saturated carbocycles.